The third-order valence-corrected chi connectivity index (χ3v) is 0.648. The van der Waals surface area contributed by atoms with Gasteiger partial charge in [-0.05, 0) is 19.9 Å². The van der Waals surface area contributed by atoms with Crippen molar-refractivity contribution in [3.05, 3.63) is 24.0 Å². The van der Waals surface area contributed by atoms with Crippen molar-refractivity contribution in [2.75, 3.05) is 0 Å². The molecule has 0 aliphatic rings. The Morgan fingerprint density at radius 1 is 1.56 bits per heavy atom. The van der Waals surface area contributed by atoms with Gasteiger partial charge in [0.25, 0.3) is 0 Å². The third-order valence-electron chi connectivity index (χ3n) is 0.648. The second kappa shape index (κ2) is 3.89. The van der Waals surface area contributed by atoms with Gasteiger partial charge in [-0.25, -0.2) is 4.99 Å². The van der Waals surface area contributed by atoms with E-state index in [0.29, 0.717) is 5.82 Å². The summed E-state index contributed by atoms with van der Waals surface area (Å²) < 4.78 is 0. The molecule has 0 fully saturated rings. The van der Waals surface area contributed by atoms with E-state index in [9.17, 15) is 0 Å². The molecule has 0 amide bonds. The van der Waals surface area contributed by atoms with Gasteiger partial charge in [0, 0.05) is 6.21 Å². The summed E-state index contributed by atoms with van der Waals surface area (Å²) in [6.45, 7) is 7.39. The second-order valence-corrected chi connectivity index (χ2v) is 2.01. The van der Waals surface area contributed by atoms with E-state index in [1.54, 1.807) is 6.21 Å². The topological polar surface area (TPSA) is 38.4 Å². The first-order chi connectivity index (χ1) is 4.13. The fourth-order valence-corrected chi connectivity index (χ4v) is 0.282. The molecule has 0 aliphatic heterocycles. The number of hydrogen-bond donors (Lipinski definition) is 1. The van der Waals surface area contributed by atoms with E-state index < -0.39 is 0 Å². The molecule has 0 bridgehead atoms. The maximum absolute atomic E-state index is 5.16. The van der Waals surface area contributed by atoms with Crippen LogP contribution in [-0.4, -0.2) is 6.21 Å². The van der Waals surface area contributed by atoms with Gasteiger partial charge in [0.1, 0.15) is 5.82 Å². The van der Waals surface area contributed by atoms with Crippen LogP contribution in [-0.2, 0) is 0 Å². The van der Waals surface area contributed by atoms with Gasteiger partial charge >= 0.3 is 0 Å². The monoisotopic (exact) mass is 124 g/mol. The van der Waals surface area contributed by atoms with E-state index in [4.69, 9.17) is 5.73 Å². The lowest BCUT2D eigenvalue weighted by atomic mass is 10.3. The molecule has 0 heterocycles. The lowest BCUT2D eigenvalue weighted by Crippen LogP contribution is -1.89. The normalized spacial score (nSPS) is 9.56. The molecule has 0 saturated carbocycles. The van der Waals surface area contributed by atoms with Gasteiger partial charge in [0.15, 0.2) is 0 Å². The Bertz CT molecular complexity index is 150. The fourth-order valence-electron chi connectivity index (χ4n) is 0.282. The van der Waals surface area contributed by atoms with Crippen LogP contribution in [0, 0.1) is 0 Å². The van der Waals surface area contributed by atoms with Gasteiger partial charge in [-0.2, -0.15) is 0 Å². The smallest absolute Gasteiger partial charge is 0.115 e. The molecule has 2 N–H and O–H groups in total. The summed E-state index contributed by atoms with van der Waals surface area (Å²) in [7, 11) is 0. The first-order valence-electron chi connectivity index (χ1n) is 2.75. The average molecular weight is 124 g/mol. The van der Waals surface area contributed by atoms with Crippen molar-refractivity contribution in [2.24, 2.45) is 10.7 Å². The van der Waals surface area contributed by atoms with Crippen LogP contribution >= 0.6 is 0 Å². The summed E-state index contributed by atoms with van der Waals surface area (Å²) in [4.78, 5) is 3.75. The maximum Gasteiger partial charge on any atom is 0.115 e. The van der Waals surface area contributed by atoms with Crippen molar-refractivity contribution in [3.8, 4) is 0 Å². The molecule has 0 unspecified atom stereocenters. The first-order valence-corrected chi connectivity index (χ1v) is 2.75. The van der Waals surface area contributed by atoms with Crippen LogP contribution in [0.5, 0.6) is 0 Å². The Morgan fingerprint density at radius 3 is 2.44 bits per heavy atom. The molecule has 0 saturated heterocycles. The first kappa shape index (κ1) is 7.95. The van der Waals surface area contributed by atoms with Gasteiger partial charge in [-0.3, -0.25) is 0 Å². The highest BCUT2D eigenvalue weighted by Gasteiger charge is 1.72. The van der Waals surface area contributed by atoms with E-state index in [1.165, 1.54) is 5.57 Å². The standard InChI is InChI=1S/C7H12N2/c1-6(2)4-5-9-7(3)8/h4-5H,3,8H2,1-2H3/b9-5-. The highest BCUT2D eigenvalue weighted by Crippen LogP contribution is 1.85. The molecular weight excluding hydrogens is 112 g/mol. The SMILES string of the molecule is C=C(N)/N=C\C=C(C)C. The molecule has 50 valence electrons. The summed E-state index contributed by atoms with van der Waals surface area (Å²) in [5.74, 6) is 0.340. The zero-order valence-corrected chi connectivity index (χ0v) is 5.89. The van der Waals surface area contributed by atoms with E-state index in [-0.39, 0.29) is 0 Å². The molecule has 0 atom stereocenters. The van der Waals surface area contributed by atoms with Crippen LogP contribution in [0.1, 0.15) is 13.8 Å². The highest BCUT2D eigenvalue weighted by atomic mass is 14.9. The molecule has 0 radical (unpaired) electrons. The van der Waals surface area contributed by atoms with E-state index in [0.717, 1.165) is 0 Å². The number of nitrogens with two attached hydrogens (primary N) is 1. The minimum Gasteiger partial charge on any atom is -0.384 e. The molecule has 2 nitrogen and oxygen atoms in total. The van der Waals surface area contributed by atoms with Crippen LogP contribution in [0.4, 0.5) is 0 Å². The van der Waals surface area contributed by atoms with Gasteiger partial charge in [0.2, 0.25) is 0 Å². The number of hydrogen-bond acceptors (Lipinski definition) is 2. The van der Waals surface area contributed by atoms with Crippen LogP contribution in [0.3, 0.4) is 0 Å². The van der Waals surface area contributed by atoms with Gasteiger partial charge in [-0.1, -0.05) is 12.2 Å². The number of allylic oxidation sites excluding steroid dienone is 2. The maximum atomic E-state index is 5.16. The number of nitrogens with zero attached hydrogens (tertiary/aromatic N) is 1. The van der Waals surface area contributed by atoms with E-state index >= 15 is 0 Å². The van der Waals surface area contributed by atoms with Crippen molar-refractivity contribution in [3.63, 3.8) is 0 Å². The number of rotatable bonds is 2. The van der Waals surface area contributed by atoms with Gasteiger partial charge in [0.05, 0.1) is 0 Å². The summed E-state index contributed by atoms with van der Waals surface area (Å²) in [6.07, 6.45) is 3.51. The Hall–Kier alpha value is -1.05. The molecule has 0 rings (SSSR count). The molecule has 0 aromatic heterocycles. The van der Waals surface area contributed by atoms with Crippen molar-refractivity contribution in [1.82, 2.24) is 0 Å². The Kier molecular flexibility index (Phi) is 3.44. The van der Waals surface area contributed by atoms with Crippen LogP contribution < -0.4 is 5.73 Å². The Morgan fingerprint density at radius 2 is 2.11 bits per heavy atom. The minimum atomic E-state index is 0.340. The number of aliphatic imine (C=N–C) groups is 1. The molecular formula is C7H12N2. The van der Waals surface area contributed by atoms with Crippen molar-refractivity contribution in [1.29, 1.82) is 0 Å². The van der Waals surface area contributed by atoms with Crippen molar-refractivity contribution >= 4 is 6.21 Å². The zero-order chi connectivity index (χ0) is 7.28. The van der Waals surface area contributed by atoms with E-state index in [1.807, 2.05) is 19.9 Å². The molecule has 0 aromatic rings. The van der Waals surface area contributed by atoms with Gasteiger partial charge in [-0.15, -0.1) is 0 Å². The Labute approximate surface area is 55.8 Å². The van der Waals surface area contributed by atoms with Gasteiger partial charge < -0.3 is 5.73 Å². The average Bonchev–Trinajstić information content (AvgIpc) is 1.63. The quantitative estimate of drug-likeness (QED) is 0.556. The van der Waals surface area contributed by atoms with Crippen LogP contribution in [0.15, 0.2) is 29.0 Å². The molecule has 0 aliphatic carbocycles. The largest absolute Gasteiger partial charge is 0.384 e. The van der Waals surface area contributed by atoms with Crippen LogP contribution in [0.2, 0.25) is 0 Å². The van der Waals surface area contributed by atoms with Crippen molar-refractivity contribution < 1.29 is 0 Å². The van der Waals surface area contributed by atoms with E-state index in [2.05, 4.69) is 11.6 Å². The predicted molar refractivity (Wildman–Crippen MR) is 41.3 cm³/mol. The summed E-state index contributed by atoms with van der Waals surface area (Å²) in [5, 5.41) is 0. The summed E-state index contributed by atoms with van der Waals surface area (Å²) >= 11 is 0. The third kappa shape index (κ3) is 6.95. The lowest BCUT2D eigenvalue weighted by Gasteiger charge is -1.83. The van der Waals surface area contributed by atoms with Crippen LogP contribution in [0.25, 0.3) is 0 Å². The molecule has 9 heavy (non-hydrogen) atoms. The fraction of sp³-hybridized carbons (Fsp3) is 0.286. The minimum absolute atomic E-state index is 0.340. The second-order valence-electron chi connectivity index (χ2n) is 2.01. The highest BCUT2D eigenvalue weighted by molar-refractivity contribution is 5.72. The lowest BCUT2D eigenvalue weighted by molar-refractivity contribution is 1.27. The molecule has 0 spiro atoms. The summed E-state index contributed by atoms with van der Waals surface area (Å²) in [6, 6.07) is 0. The Balaban J connectivity index is 3.74. The molecule has 0 aromatic carbocycles. The molecule has 2 heteroatoms. The summed E-state index contributed by atoms with van der Waals surface area (Å²) in [5.41, 5.74) is 6.35. The predicted octanol–water partition coefficient (Wildman–Crippen LogP) is 1.45. The zero-order valence-electron chi connectivity index (χ0n) is 5.89. The van der Waals surface area contributed by atoms with Crippen molar-refractivity contribution in [2.45, 2.75) is 13.8 Å².